The van der Waals surface area contributed by atoms with E-state index in [2.05, 4.69) is 11.7 Å². The molecule has 3 aromatic rings. The molecule has 0 aliphatic rings. The Morgan fingerprint density at radius 1 is 0.757 bits per heavy atom. The first-order valence-corrected chi connectivity index (χ1v) is 11.7. The molecule has 0 bridgehead atoms. The smallest absolute Gasteiger partial charge is 0.343 e. The normalized spacial score (nSPS) is 11.3. The summed E-state index contributed by atoms with van der Waals surface area (Å²) in [6.45, 7) is 1.07. The number of hydrogen-bond acceptors (Lipinski definition) is 5. The van der Waals surface area contributed by atoms with Gasteiger partial charge in [0.1, 0.15) is 11.5 Å². The van der Waals surface area contributed by atoms with E-state index in [0.29, 0.717) is 6.61 Å². The van der Waals surface area contributed by atoms with E-state index in [1.807, 2.05) is 24.3 Å². The van der Waals surface area contributed by atoms with Gasteiger partial charge in [0.05, 0.1) is 17.7 Å². The van der Waals surface area contributed by atoms with Crippen LogP contribution in [0.4, 0.5) is 17.6 Å². The second-order valence-corrected chi connectivity index (χ2v) is 8.21. The maximum atomic E-state index is 12.9. The number of carbonyl (C=O) groups is 2. The average Bonchev–Trinajstić information content (AvgIpc) is 2.90. The van der Waals surface area contributed by atoms with Crippen LogP contribution in [0.25, 0.3) is 11.1 Å². The maximum absolute atomic E-state index is 12.9. The highest BCUT2D eigenvalue weighted by Gasteiger charge is 2.42. The third-order valence-electron chi connectivity index (χ3n) is 5.34. The molecule has 0 atom stereocenters. The molecule has 0 radical (unpaired) electrons. The zero-order chi connectivity index (χ0) is 26.8. The van der Waals surface area contributed by atoms with Gasteiger partial charge in [-0.3, -0.25) is 0 Å². The lowest BCUT2D eigenvalue weighted by atomic mass is 10.0. The molecule has 0 saturated carbocycles. The molecule has 0 fully saturated rings. The van der Waals surface area contributed by atoms with Gasteiger partial charge in [0.2, 0.25) is 0 Å². The van der Waals surface area contributed by atoms with Crippen molar-refractivity contribution in [3.63, 3.8) is 0 Å². The van der Waals surface area contributed by atoms with Crippen LogP contribution in [0.5, 0.6) is 11.5 Å². The molecule has 0 N–H and O–H groups in total. The van der Waals surface area contributed by atoms with Gasteiger partial charge < -0.3 is 14.2 Å². The zero-order valence-corrected chi connectivity index (χ0v) is 20.1. The molecule has 5 nitrogen and oxygen atoms in total. The van der Waals surface area contributed by atoms with Crippen molar-refractivity contribution in [2.45, 2.75) is 38.5 Å². The molecular weight excluding hydrogens is 492 g/mol. The summed E-state index contributed by atoms with van der Waals surface area (Å²) < 4.78 is 65.4. The lowest BCUT2D eigenvalue weighted by Crippen LogP contribution is -2.33. The van der Waals surface area contributed by atoms with E-state index in [0.717, 1.165) is 36.1 Å². The van der Waals surface area contributed by atoms with E-state index >= 15 is 0 Å². The molecule has 0 amide bonds. The number of benzene rings is 3. The van der Waals surface area contributed by atoms with Crippen molar-refractivity contribution in [1.29, 1.82) is 0 Å². The van der Waals surface area contributed by atoms with Gasteiger partial charge in [-0.25, -0.2) is 18.4 Å². The van der Waals surface area contributed by atoms with Crippen LogP contribution >= 0.6 is 0 Å². The van der Waals surface area contributed by atoms with Gasteiger partial charge in [-0.15, -0.1) is 0 Å². The second kappa shape index (κ2) is 12.9. The molecule has 0 aromatic heterocycles. The fraction of sp³-hybridized carbons (Fsp3) is 0.286. The van der Waals surface area contributed by atoms with E-state index in [-0.39, 0.29) is 16.9 Å². The van der Waals surface area contributed by atoms with E-state index in [9.17, 15) is 27.2 Å². The van der Waals surface area contributed by atoms with E-state index in [4.69, 9.17) is 9.47 Å². The number of unbranched alkanes of at least 4 members (excludes halogenated alkanes) is 2. The highest BCUT2D eigenvalue weighted by Crippen LogP contribution is 2.25. The molecule has 9 heteroatoms. The summed E-state index contributed by atoms with van der Waals surface area (Å²) in [4.78, 5) is 24.3. The third kappa shape index (κ3) is 8.06. The highest BCUT2D eigenvalue weighted by molar-refractivity contribution is 5.92. The van der Waals surface area contributed by atoms with Crippen LogP contribution in [0.1, 0.15) is 46.9 Å². The molecular formula is C28H26F4O5. The highest BCUT2D eigenvalue weighted by atomic mass is 19.3. The summed E-state index contributed by atoms with van der Waals surface area (Å²) in [6.07, 6.45) is -0.677. The first kappa shape index (κ1) is 27.7. The van der Waals surface area contributed by atoms with Gasteiger partial charge in [0, 0.05) is 0 Å². The van der Waals surface area contributed by atoms with Crippen molar-refractivity contribution >= 4 is 11.9 Å². The van der Waals surface area contributed by atoms with Crippen molar-refractivity contribution in [1.82, 2.24) is 0 Å². The molecule has 0 spiro atoms. The van der Waals surface area contributed by atoms with Crippen LogP contribution in [0.3, 0.4) is 0 Å². The standard InChI is InChI=1S/C28H26F4O5/c1-2-3-4-17-35-23-13-9-20(10-14-23)19-5-7-22(8-6-19)26(34)37-24-15-11-21(12-16-24)25(33)36-18-28(31,32)27(29)30/h5-16,27H,2-4,17-18H2,1H3. The van der Waals surface area contributed by atoms with Crippen molar-refractivity contribution in [2.75, 3.05) is 13.2 Å². The Hall–Kier alpha value is -3.88. The minimum Gasteiger partial charge on any atom is -0.494 e. The van der Waals surface area contributed by atoms with Crippen LogP contribution in [-0.4, -0.2) is 37.5 Å². The average molecular weight is 519 g/mol. The number of rotatable bonds is 12. The van der Waals surface area contributed by atoms with Crippen molar-refractivity contribution in [3.05, 3.63) is 83.9 Å². The van der Waals surface area contributed by atoms with E-state index in [1.165, 1.54) is 24.3 Å². The predicted octanol–water partition coefficient (Wildman–Crippen LogP) is 7.20. The molecule has 3 rings (SSSR count). The first-order chi connectivity index (χ1) is 17.7. The quantitative estimate of drug-likeness (QED) is 0.110. The Kier molecular flexibility index (Phi) is 9.65. The summed E-state index contributed by atoms with van der Waals surface area (Å²) in [7, 11) is 0. The van der Waals surface area contributed by atoms with Crippen LogP contribution in [0.15, 0.2) is 72.8 Å². The number of esters is 2. The molecule has 37 heavy (non-hydrogen) atoms. The lowest BCUT2D eigenvalue weighted by Gasteiger charge is -2.15. The molecule has 3 aromatic carbocycles. The Morgan fingerprint density at radius 3 is 1.84 bits per heavy atom. The van der Waals surface area contributed by atoms with Crippen LogP contribution < -0.4 is 9.47 Å². The van der Waals surface area contributed by atoms with Gasteiger partial charge in [-0.1, -0.05) is 44.0 Å². The Labute approximate surface area is 212 Å². The van der Waals surface area contributed by atoms with Crippen LogP contribution in [-0.2, 0) is 4.74 Å². The Morgan fingerprint density at radius 2 is 1.27 bits per heavy atom. The first-order valence-electron chi connectivity index (χ1n) is 11.7. The van der Waals surface area contributed by atoms with Gasteiger partial charge in [0.25, 0.3) is 0 Å². The van der Waals surface area contributed by atoms with Gasteiger partial charge >= 0.3 is 24.3 Å². The molecule has 0 aliphatic carbocycles. The number of halogens is 4. The summed E-state index contributed by atoms with van der Waals surface area (Å²) in [5.74, 6) is -5.39. The maximum Gasteiger partial charge on any atom is 0.343 e. The summed E-state index contributed by atoms with van der Waals surface area (Å²) in [5, 5.41) is 0. The largest absolute Gasteiger partial charge is 0.494 e. The van der Waals surface area contributed by atoms with E-state index in [1.54, 1.807) is 24.3 Å². The molecule has 0 heterocycles. The predicted molar refractivity (Wildman–Crippen MR) is 130 cm³/mol. The van der Waals surface area contributed by atoms with Crippen molar-refractivity contribution in [2.24, 2.45) is 0 Å². The van der Waals surface area contributed by atoms with Crippen molar-refractivity contribution in [3.8, 4) is 22.6 Å². The van der Waals surface area contributed by atoms with Gasteiger partial charge in [-0.05, 0) is 66.1 Å². The minimum absolute atomic E-state index is 0.0954. The number of carbonyl (C=O) groups excluding carboxylic acids is 2. The van der Waals surface area contributed by atoms with Gasteiger partial charge in [0.15, 0.2) is 6.61 Å². The molecule has 0 unspecified atom stereocenters. The number of alkyl halides is 4. The number of ether oxygens (including phenoxy) is 3. The number of hydrogen-bond donors (Lipinski definition) is 0. The van der Waals surface area contributed by atoms with E-state index < -0.39 is 30.9 Å². The zero-order valence-electron chi connectivity index (χ0n) is 20.1. The SMILES string of the molecule is CCCCCOc1ccc(-c2ccc(C(=O)Oc3ccc(C(=O)OCC(F)(F)C(F)F)cc3)cc2)cc1. The Balaban J connectivity index is 1.54. The lowest BCUT2D eigenvalue weighted by molar-refractivity contribution is -0.155. The molecule has 0 saturated heterocycles. The second-order valence-electron chi connectivity index (χ2n) is 8.21. The Bertz CT molecular complexity index is 1160. The summed E-state index contributed by atoms with van der Waals surface area (Å²) >= 11 is 0. The topological polar surface area (TPSA) is 61.8 Å². The molecule has 0 aliphatic heterocycles. The van der Waals surface area contributed by atoms with Crippen LogP contribution in [0, 0.1) is 0 Å². The summed E-state index contributed by atoms with van der Waals surface area (Å²) in [5.41, 5.74) is 1.98. The summed E-state index contributed by atoms with van der Waals surface area (Å²) in [6, 6.07) is 19.3. The third-order valence-corrected chi connectivity index (χ3v) is 5.34. The fourth-order valence-electron chi connectivity index (χ4n) is 3.22. The van der Waals surface area contributed by atoms with Crippen LogP contribution in [0.2, 0.25) is 0 Å². The minimum atomic E-state index is -4.44. The fourth-order valence-corrected chi connectivity index (χ4v) is 3.22. The molecule has 196 valence electrons. The van der Waals surface area contributed by atoms with Gasteiger partial charge in [-0.2, -0.15) is 8.78 Å². The monoisotopic (exact) mass is 518 g/mol. The van der Waals surface area contributed by atoms with Crippen molar-refractivity contribution < 1.29 is 41.4 Å².